The number of nitrogens with one attached hydrogen (secondary N) is 1. The number of carbonyl (C=O) groups excluding carboxylic acids is 1. The van der Waals surface area contributed by atoms with E-state index in [4.69, 9.17) is 5.11 Å². The number of carboxylic acid groups (broad SMARTS) is 1. The Kier molecular flexibility index (Phi) is 3.85. The van der Waals surface area contributed by atoms with Crippen molar-refractivity contribution in [2.45, 2.75) is 26.7 Å². The van der Waals surface area contributed by atoms with Gasteiger partial charge in [-0.1, -0.05) is 6.92 Å². The maximum atomic E-state index is 11.3. The molecule has 0 aromatic carbocycles. The zero-order valence-electron chi connectivity index (χ0n) is 8.66. The lowest BCUT2D eigenvalue weighted by atomic mass is 10.3. The molecule has 0 unspecified atom stereocenters. The Morgan fingerprint density at radius 3 is 2.73 bits per heavy atom. The van der Waals surface area contributed by atoms with Crippen molar-refractivity contribution in [3.63, 3.8) is 0 Å². The van der Waals surface area contributed by atoms with E-state index in [2.05, 4.69) is 5.32 Å². The average molecular weight is 227 g/mol. The maximum Gasteiger partial charge on any atom is 0.338 e. The van der Waals surface area contributed by atoms with E-state index in [1.165, 1.54) is 11.3 Å². The Balaban J connectivity index is 2.84. The number of thiophene rings is 1. The molecule has 15 heavy (non-hydrogen) atoms. The SMILES string of the molecule is CCCC(=O)Nc1sc(C)cc1C(=O)O. The third-order valence-corrected chi connectivity index (χ3v) is 2.78. The molecule has 1 heterocycles. The van der Waals surface area contributed by atoms with Crippen LogP contribution in [-0.2, 0) is 4.79 Å². The first-order chi connectivity index (χ1) is 7.04. The zero-order valence-corrected chi connectivity index (χ0v) is 9.48. The highest BCUT2D eigenvalue weighted by molar-refractivity contribution is 7.16. The second kappa shape index (κ2) is 4.93. The molecule has 0 radical (unpaired) electrons. The highest BCUT2D eigenvalue weighted by atomic mass is 32.1. The van der Waals surface area contributed by atoms with E-state index < -0.39 is 5.97 Å². The molecule has 1 amide bonds. The van der Waals surface area contributed by atoms with Gasteiger partial charge in [0.2, 0.25) is 5.91 Å². The topological polar surface area (TPSA) is 66.4 Å². The quantitative estimate of drug-likeness (QED) is 0.830. The number of rotatable bonds is 4. The van der Waals surface area contributed by atoms with Crippen LogP contribution < -0.4 is 5.32 Å². The van der Waals surface area contributed by atoms with Gasteiger partial charge in [-0.3, -0.25) is 4.79 Å². The number of aromatic carboxylic acids is 1. The third kappa shape index (κ3) is 3.06. The van der Waals surface area contributed by atoms with E-state index in [-0.39, 0.29) is 11.5 Å². The number of amides is 1. The van der Waals surface area contributed by atoms with E-state index in [1.807, 2.05) is 13.8 Å². The van der Waals surface area contributed by atoms with Crippen LogP contribution in [0.1, 0.15) is 35.0 Å². The molecule has 82 valence electrons. The average Bonchev–Trinajstić information content (AvgIpc) is 2.47. The first kappa shape index (κ1) is 11.7. The van der Waals surface area contributed by atoms with E-state index in [0.29, 0.717) is 11.4 Å². The van der Waals surface area contributed by atoms with Crippen molar-refractivity contribution in [2.75, 3.05) is 5.32 Å². The van der Waals surface area contributed by atoms with Gasteiger partial charge in [0.15, 0.2) is 0 Å². The molecule has 0 bridgehead atoms. The van der Waals surface area contributed by atoms with Crippen LogP contribution in [0.15, 0.2) is 6.07 Å². The van der Waals surface area contributed by atoms with Crippen LogP contribution >= 0.6 is 11.3 Å². The van der Waals surface area contributed by atoms with Crippen LogP contribution in [0.4, 0.5) is 5.00 Å². The minimum absolute atomic E-state index is 0.137. The molecule has 5 heteroatoms. The van der Waals surface area contributed by atoms with Gasteiger partial charge in [0.25, 0.3) is 0 Å². The van der Waals surface area contributed by atoms with Crippen molar-refractivity contribution in [1.82, 2.24) is 0 Å². The first-order valence-electron chi connectivity index (χ1n) is 4.68. The first-order valence-corrected chi connectivity index (χ1v) is 5.49. The predicted molar refractivity (Wildman–Crippen MR) is 59.6 cm³/mol. The van der Waals surface area contributed by atoms with Crippen LogP contribution in [0.3, 0.4) is 0 Å². The molecular formula is C10H13NO3S. The summed E-state index contributed by atoms with van der Waals surface area (Å²) in [7, 11) is 0. The smallest absolute Gasteiger partial charge is 0.338 e. The molecule has 0 fully saturated rings. The van der Waals surface area contributed by atoms with Gasteiger partial charge in [0, 0.05) is 11.3 Å². The van der Waals surface area contributed by atoms with Crippen molar-refractivity contribution in [2.24, 2.45) is 0 Å². The lowest BCUT2D eigenvalue weighted by molar-refractivity contribution is -0.116. The second-order valence-corrected chi connectivity index (χ2v) is 4.46. The Hall–Kier alpha value is -1.36. The molecule has 0 saturated carbocycles. The van der Waals surface area contributed by atoms with Gasteiger partial charge in [-0.15, -0.1) is 11.3 Å². The van der Waals surface area contributed by atoms with Crippen molar-refractivity contribution in [3.05, 3.63) is 16.5 Å². The van der Waals surface area contributed by atoms with Crippen LogP contribution in [0.2, 0.25) is 0 Å². The Bertz CT molecular complexity index is 384. The summed E-state index contributed by atoms with van der Waals surface area (Å²) in [5.41, 5.74) is 0.168. The van der Waals surface area contributed by atoms with Crippen molar-refractivity contribution in [3.8, 4) is 0 Å². The predicted octanol–water partition coefficient (Wildman–Crippen LogP) is 2.49. The van der Waals surface area contributed by atoms with E-state index in [9.17, 15) is 9.59 Å². The molecule has 0 atom stereocenters. The molecule has 4 nitrogen and oxygen atoms in total. The number of anilines is 1. The van der Waals surface area contributed by atoms with Crippen molar-refractivity contribution in [1.29, 1.82) is 0 Å². The van der Waals surface area contributed by atoms with E-state index in [0.717, 1.165) is 11.3 Å². The molecule has 1 aromatic rings. The summed E-state index contributed by atoms with van der Waals surface area (Å²) in [6, 6.07) is 1.56. The van der Waals surface area contributed by atoms with Gasteiger partial charge >= 0.3 is 5.97 Å². The monoisotopic (exact) mass is 227 g/mol. The van der Waals surface area contributed by atoms with E-state index >= 15 is 0 Å². The van der Waals surface area contributed by atoms with Gasteiger partial charge in [-0.05, 0) is 19.4 Å². The summed E-state index contributed by atoms with van der Waals surface area (Å²) in [6.07, 6.45) is 1.16. The summed E-state index contributed by atoms with van der Waals surface area (Å²) >= 11 is 1.28. The van der Waals surface area contributed by atoms with Gasteiger partial charge in [-0.2, -0.15) is 0 Å². The lowest BCUT2D eigenvalue weighted by Crippen LogP contribution is -2.11. The molecular weight excluding hydrogens is 214 g/mol. The molecule has 1 rings (SSSR count). The standard InChI is InChI=1S/C10H13NO3S/c1-3-4-8(12)11-9-7(10(13)14)5-6(2)15-9/h5H,3-4H2,1-2H3,(H,11,12)(H,13,14). The molecule has 2 N–H and O–H groups in total. The van der Waals surface area contributed by atoms with Crippen molar-refractivity contribution >= 4 is 28.2 Å². The third-order valence-electron chi connectivity index (χ3n) is 1.82. The minimum Gasteiger partial charge on any atom is -0.478 e. The minimum atomic E-state index is -1.01. The summed E-state index contributed by atoms with van der Waals surface area (Å²) in [6.45, 7) is 3.71. The molecule has 1 aromatic heterocycles. The Labute approximate surface area is 91.9 Å². The number of carboxylic acids is 1. The number of aryl methyl sites for hydroxylation is 1. The van der Waals surface area contributed by atoms with Crippen molar-refractivity contribution < 1.29 is 14.7 Å². The highest BCUT2D eigenvalue weighted by Crippen LogP contribution is 2.27. The van der Waals surface area contributed by atoms with E-state index in [1.54, 1.807) is 6.07 Å². The largest absolute Gasteiger partial charge is 0.478 e. The zero-order chi connectivity index (χ0) is 11.4. The fraction of sp³-hybridized carbons (Fsp3) is 0.400. The van der Waals surface area contributed by atoms with Gasteiger partial charge in [-0.25, -0.2) is 4.79 Å². The Morgan fingerprint density at radius 2 is 2.20 bits per heavy atom. The molecule has 0 aliphatic rings. The summed E-state index contributed by atoms with van der Waals surface area (Å²) in [4.78, 5) is 23.0. The maximum absolute atomic E-state index is 11.3. The van der Waals surface area contributed by atoms with Gasteiger partial charge in [0.1, 0.15) is 5.00 Å². The van der Waals surface area contributed by atoms with Crippen LogP contribution in [0.25, 0.3) is 0 Å². The summed E-state index contributed by atoms with van der Waals surface area (Å²) in [5.74, 6) is -1.15. The van der Waals surface area contributed by atoms with Crippen LogP contribution in [-0.4, -0.2) is 17.0 Å². The summed E-state index contributed by atoms with van der Waals surface area (Å²) in [5, 5.41) is 11.9. The fourth-order valence-electron chi connectivity index (χ4n) is 1.18. The van der Waals surface area contributed by atoms with Gasteiger partial charge in [0.05, 0.1) is 5.56 Å². The highest BCUT2D eigenvalue weighted by Gasteiger charge is 2.15. The number of hydrogen-bond donors (Lipinski definition) is 2. The second-order valence-electron chi connectivity index (χ2n) is 3.20. The van der Waals surface area contributed by atoms with Crippen LogP contribution in [0, 0.1) is 6.92 Å². The fourth-order valence-corrected chi connectivity index (χ4v) is 2.10. The molecule has 0 spiro atoms. The van der Waals surface area contributed by atoms with Gasteiger partial charge < -0.3 is 10.4 Å². The number of carbonyl (C=O) groups is 2. The molecule has 0 aliphatic carbocycles. The normalized spacial score (nSPS) is 10.0. The summed E-state index contributed by atoms with van der Waals surface area (Å²) < 4.78 is 0. The lowest BCUT2D eigenvalue weighted by Gasteiger charge is -2.02. The molecule has 0 aliphatic heterocycles. The number of hydrogen-bond acceptors (Lipinski definition) is 3. The Morgan fingerprint density at radius 1 is 1.53 bits per heavy atom. The molecule has 0 saturated heterocycles. The van der Waals surface area contributed by atoms with Crippen LogP contribution in [0.5, 0.6) is 0 Å².